The predicted octanol–water partition coefficient (Wildman–Crippen LogP) is 2.68. The molecule has 1 saturated heterocycles. The fourth-order valence-electron chi connectivity index (χ4n) is 3.15. The lowest BCUT2D eigenvalue weighted by Gasteiger charge is -2.15. The maximum Gasteiger partial charge on any atom is 0.349 e. The summed E-state index contributed by atoms with van der Waals surface area (Å²) in [5.74, 6) is 0.534. The van der Waals surface area contributed by atoms with Crippen LogP contribution in [0.3, 0.4) is 0 Å². The average Bonchev–Trinajstić information content (AvgIpc) is 3.00. The third-order valence-corrected chi connectivity index (χ3v) is 4.51. The van der Waals surface area contributed by atoms with Gasteiger partial charge in [0.05, 0.1) is 0 Å². The molecule has 2 rings (SSSR count). The van der Waals surface area contributed by atoms with Gasteiger partial charge in [0.2, 0.25) is 0 Å². The topological polar surface area (TPSA) is 62.6 Å². The summed E-state index contributed by atoms with van der Waals surface area (Å²) in [5.41, 5.74) is 0.304. The van der Waals surface area contributed by atoms with Crippen molar-refractivity contribution >= 4 is 5.91 Å². The lowest BCUT2D eigenvalue weighted by atomic mass is 10.0. The van der Waals surface area contributed by atoms with Crippen molar-refractivity contribution in [1.82, 2.24) is 10.2 Å². The van der Waals surface area contributed by atoms with Crippen LogP contribution < -0.4 is 10.9 Å². The van der Waals surface area contributed by atoms with Crippen LogP contribution in [0.4, 0.5) is 0 Å². The van der Waals surface area contributed by atoms with Gasteiger partial charge in [-0.2, -0.15) is 0 Å². The number of nitrogens with one attached hydrogen (secondary N) is 1. The highest BCUT2D eigenvalue weighted by Gasteiger charge is 2.19. The van der Waals surface area contributed by atoms with Crippen LogP contribution in [0.5, 0.6) is 0 Å². The quantitative estimate of drug-likeness (QED) is 0.839. The number of nitrogens with zero attached hydrogens (tertiary/aromatic N) is 1. The van der Waals surface area contributed by atoms with Gasteiger partial charge in [0.15, 0.2) is 0 Å². The number of likely N-dealkylation sites (tertiary alicyclic amines) is 1. The number of hydrogen-bond acceptors (Lipinski definition) is 4. The molecule has 1 fully saturated rings. The molecule has 1 aromatic heterocycles. The molecule has 0 spiro atoms. The van der Waals surface area contributed by atoms with Crippen LogP contribution in [0.15, 0.2) is 15.3 Å². The first kappa shape index (κ1) is 17.7. The number of carbonyl (C=O) groups is 1. The highest BCUT2D eigenvalue weighted by molar-refractivity contribution is 5.95. The molecular weight excluding hydrogens is 292 g/mol. The van der Waals surface area contributed by atoms with Crippen molar-refractivity contribution in [1.29, 1.82) is 0 Å². The summed E-state index contributed by atoms with van der Waals surface area (Å²) in [6.07, 6.45) is 4.45. The van der Waals surface area contributed by atoms with Crippen LogP contribution in [0.2, 0.25) is 0 Å². The van der Waals surface area contributed by atoms with Crippen molar-refractivity contribution in [2.75, 3.05) is 26.2 Å². The molecule has 0 aliphatic carbocycles. The molecule has 0 radical (unpaired) electrons. The third-order valence-electron chi connectivity index (χ3n) is 4.51. The molecule has 5 nitrogen and oxygen atoms in total. The normalized spacial score (nSPS) is 16.5. The van der Waals surface area contributed by atoms with Crippen LogP contribution in [0.25, 0.3) is 0 Å². The van der Waals surface area contributed by atoms with Gasteiger partial charge in [0.25, 0.3) is 5.91 Å². The van der Waals surface area contributed by atoms with E-state index in [4.69, 9.17) is 4.42 Å². The standard InChI is InChI=1S/C18H28N2O3/c1-4-7-13(2)15-12-14(3)16(18(22)23-15)17(21)19-8-11-20-9-5-6-10-20/h12-13H,4-11H2,1-3H3,(H,19,21). The predicted molar refractivity (Wildman–Crippen MR) is 91.0 cm³/mol. The van der Waals surface area contributed by atoms with Crippen molar-refractivity contribution in [3.63, 3.8) is 0 Å². The van der Waals surface area contributed by atoms with E-state index in [1.165, 1.54) is 12.8 Å². The Hall–Kier alpha value is -1.62. The maximum absolute atomic E-state index is 12.3. The largest absolute Gasteiger partial charge is 0.427 e. The van der Waals surface area contributed by atoms with Crippen LogP contribution in [0.1, 0.15) is 67.1 Å². The SMILES string of the molecule is CCCC(C)c1cc(C)c(C(=O)NCCN2CCCC2)c(=O)o1. The Balaban J connectivity index is 2.00. The Morgan fingerprint density at radius 3 is 2.70 bits per heavy atom. The molecule has 5 heteroatoms. The number of hydrogen-bond donors (Lipinski definition) is 1. The van der Waals surface area contributed by atoms with Crippen molar-refractivity contribution < 1.29 is 9.21 Å². The second kappa shape index (κ2) is 8.29. The minimum Gasteiger partial charge on any atom is -0.427 e. The Labute approximate surface area is 138 Å². The van der Waals surface area contributed by atoms with E-state index in [1.807, 2.05) is 13.0 Å². The fourth-order valence-corrected chi connectivity index (χ4v) is 3.15. The lowest BCUT2D eigenvalue weighted by molar-refractivity contribution is 0.0944. The van der Waals surface area contributed by atoms with Crippen LogP contribution in [-0.2, 0) is 0 Å². The van der Waals surface area contributed by atoms with Gasteiger partial charge >= 0.3 is 5.63 Å². The molecule has 0 aromatic carbocycles. The molecule has 1 amide bonds. The zero-order valence-electron chi connectivity index (χ0n) is 14.5. The van der Waals surface area contributed by atoms with Gasteiger partial charge in [-0.25, -0.2) is 4.79 Å². The molecule has 0 bridgehead atoms. The zero-order valence-corrected chi connectivity index (χ0v) is 14.5. The van der Waals surface area contributed by atoms with E-state index < -0.39 is 5.63 Å². The zero-order chi connectivity index (χ0) is 16.8. The van der Waals surface area contributed by atoms with Gasteiger partial charge in [-0.1, -0.05) is 20.3 Å². The molecule has 0 saturated carbocycles. The van der Waals surface area contributed by atoms with Crippen molar-refractivity contribution in [3.05, 3.63) is 33.4 Å². The van der Waals surface area contributed by atoms with Crippen LogP contribution in [0, 0.1) is 6.92 Å². The van der Waals surface area contributed by atoms with E-state index in [-0.39, 0.29) is 17.4 Å². The molecule has 1 atom stereocenters. The maximum atomic E-state index is 12.3. The van der Waals surface area contributed by atoms with Gasteiger partial charge < -0.3 is 14.6 Å². The second-order valence-electron chi connectivity index (χ2n) is 6.49. The Morgan fingerprint density at radius 2 is 2.09 bits per heavy atom. The summed E-state index contributed by atoms with van der Waals surface area (Å²) in [6, 6.07) is 1.83. The van der Waals surface area contributed by atoms with Crippen molar-refractivity contribution in [3.8, 4) is 0 Å². The Bertz CT molecular complexity index is 588. The number of aryl methyl sites for hydroxylation is 1. The minimum atomic E-state index is -0.526. The highest BCUT2D eigenvalue weighted by atomic mass is 16.4. The molecular formula is C18H28N2O3. The molecule has 2 heterocycles. The number of amides is 1. The first-order chi connectivity index (χ1) is 11.0. The molecule has 1 aliphatic heterocycles. The molecule has 1 aromatic rings. The third kappa shape index (κ3) is 4.67. The van der Waals surface area contributed by atoms with Gasteiger partial charge in [0, 0.05) is 19.0 Å². The van der Waals surface area contributed by atoms with Gasteiger partial charge in [-0.3, -0.25) is 4.79 Å². The van der Waals surface area contributed by atoms with Gasteiger partial charge in [-0.05, 0) is 50.9 Å². The summed E-state index contributed by atoms with van der Waals surface area (Å²) < 4.78 is 5.38. The van der Waals surface area contributed by atoms with E-state index in [1.54, 1.807) is 6.92 Å². The molecule has 1 N–H and O–H groups in total. The van der Waals surface area contributed by atoms with E-state index in [2.05, 4.69) is 17.1 Å². The Kier molecular flexibility index (Phi) is 6.39. The summed E-state index contributed by atoms with van der Waals surface area (Å²) >= 11 is 0. The highest BCUT2D eigenvalue weighted by Crippen LogP contribution is 2.21. The summed E-state index contributed by atoms with van der Waals surface area (Å²) in [4.78, 5) is 26.8. The molecule has 23 heavy (non-hydrogen) atoms. The van der Waals surface area contributed by atoms with Crippen LogP contribution >= 0.6 is 0 Å². The lowest BCUT2D eigenvalue weighted by Crippen LogP contribution is -2.36. The van der Waals surface area contributed by atoms with E-state index in [0.717, 1.165) is 32.5 Å². The number of rotatable bonds is 7. The van der Waals surface area contributed by atoms with Gasteiger partial charge in [0.1, 0.15) is 11.3 Å². The van der Waals surface area contributed by atoms with Crippen molar-refractivity contribution in [2.45, 2.75) is 52.4 Å². The van der Waals surface area contributed by atoms with Gasteiger partial charge in [-0.15, -0.1) is 0 Å². The summed E-state index contributed by atoms with van der Waals surface area (Å²) in [7, 11) is 0. The fraction of sp³-hybridized carbons (Fsp3) is 0.667. The first-order valence-electron chi connectivity index (χ1n) is 8.68. The van der Waals surface area contributed by atoms with Crippen molar-refractivity contribution in [2.24, 2.45) is 0 Å². The molecule has 1 aliphatic rings. The van der Waals surface area contributed by atoms with E-state index in [9.17, 15) is 9.59 Å². The van der Waals surface area contributed by atoms with E-state index >= 15 is 0 Å². The minimum absolute atomic E-state index is 0.138. The molecule has 128 valence electrons. The summed E-state index contributed by atoms with van der Waals surface area (Å²) in [5, 5.41) is 2.84. The number of carbonyl (C=O) groups excluding carboxylic acids is 1. The Morgan fingerprint density at radius 1 is 1.39 bits per heavy atom. The average molecular weight is 320 g/mol. The van der Waals surface area contributed by atoms with Crippen LogP contribution in [-0.4, -0.2) is 37.0 Å². The second-order valence-corrected chi connectivity index (χ2v) is 6.49. The smallest absolute Gasteiger partial charge is 0.349 e. The molecule has 1 unspecified atom stereocenters. The monoisotopic (exact) mass is 320 g/mol. The first-order valence-corrected chi connectivity index (χ1v) is 8.68. The summed E-state index contributed by atoms with van der Waals surface area (Å²) in [6.45, 7) is 9.53. The van der Waals surface area contributed by atoms with E-state index in [0.29, 0.717) is 17.9 Å².